The minimum absolute atomic E-state index is 0.0228. The summed E-state index contributed by atoms with van der Waals surface area (Å²) in [5.74, 6) is -13.7. The molecule has 12 heteroatoms. The monoisotopic (exact) mass is 556 g/mol. The average molecular weight is 556 g/mol. The summed E-state index contributed by atoms with van der Waals surface area (Å²) in [5.41, 5.74) is -2.14. The molecule has 0 heterocycles. The molecule has 0 aliphatic heterocycles. The van der Waals surface area contributed by atoms with E-state index in [0.29, 0.717) is 15.4 Å². The molecule has 0 saturated heterocycles. The predicted octanol–water partition coefficient (Wildman–Crippen LogP) is 6.92. The fraction of sp³-hybridized carbons (Fsp3) is 0.0385. The van der Waals surface area contributed by atoms with E-state index in [0.717, 1.165) is 0 Å². The first-order valence-corrected chi connectivity index (χ1v) is 12.5. The van der Waals surface area contributed by atoms with E-state index in [2.05, 4.69) is 0 Å². The van der Waals surface area contributed by atoms with Crippen LogP contribution in [0.3, 0.4) is 0 Å². The second kappa shape index (κ2) is 11.7. The maximum absolute atomic E-state index is 13.8. The van der Waals surface area contributed by atoms with Gasteiger partial charge in [0, 0.05) is 5.56 Å². The third-order valence-corrected chi connectivity index (χ3v) is 7.99. The normalized spacial score (nSPS) is 11.5. The molecule has 0 saturated carbocycles. The number of Topliss-reactive ketones (excluding diaryl/α,β-unsaturated/α-hetero) is 1. The van der Waals surface area contributed by atoms with E-state index in [4.69, 9.17) is 0 Å². The van der Waals surface area contributed by atoms with E-state index in [9.17, 15) is 43.9 Å². The first kappa shape index (κ1) is 28.8. The van der Waals surface area contributed by atoms with Crippen LogP contribution in [-0.4, -0.2) is 18.5 Å². The third kappa shape index (κ3) is 6.19. The van der Waals surface area contributed by atoms with Crippen LogP contribution in [0.2, 0.25) is 0 Å². The van der Waals surface area contributed by atoms with Crippen LogP contribution in [-0.2, 0) is 14.1 Å². The van der Waals surface area contributed by atoms with Gasteiger partial charge in [-0.15, -0.1) is 0 Å². The summed E-state index contributed by atoms with van der Waals surface area (Å²) >= 11 is 0. The van der Waals surface area contributed by atoms with Gasteiger partial charge >= 0.3 is 6.98 Å². The molecular weight excluding hydrogens is 539 g/mol. The highest BCUT2D eigenvalue weighted by Crippen LogP contribution is 2.30. The van der Waals surface area contributed by atoms with E-state index < -0.39 is 51.5 Å². The van der Waals surface area contributed by atoms with E-state index >= 15 is 0 Å². The van der Waals surface area contributed by atoms with Crippen molar-refractivity contribution in [3.05, 3.63) is 126 Å². The molecule has 2 nitrogen and oxygen atoms in total. The summed E-state index contributed by atoms with van der Waals surface area (Å²) < 4.78 is 111. The number of ketones is 1. The Morgan fingerprint density at radius 3 is 1.29 bits per heavy atom. The lowest BCUT2D eigenvalue weighted by atomic mass is 9.79. The van der Waals surface area contributed by atoms with Crippen molar-refractivity contribution in [1.82, 2.24) is 0 Å². The molecule has 38 heavy (non-hydrogen) atoms. The van der Waals surface area contributed by atoms with Crippen molar-refractivity contribution in [2.75, 3.05) is 5.75 Å². The Bertz CT molecular complexity index is 1390. The minimum atomic E-state index is -6.30. The van der Waals surface area contributed by atoms with Gasteiger partial charge in [0.25, 0.3) is 0 Å². The molecule has 0 aliphatic carbocycles. The summed E-state index contributed by atoms with van der Waals surface area (Å²) in [7, 11) is -2.64. The van der Waals surface area contributed by atoms with Crippen LogP contribution in [0.1, 0.15) is 10.4 Å². The van der Waals surface area contributed by atoms with Crippen molar-refractivity contribution in [3.8, 4) is 0 Å². The van der Waals surface area contributed by atoms with Gasteiger partial charge in [-0.1, -0.05) is 70.9 Å². The number of halogens is 8. The van der Waals surface area contributed by atoms with Crippen LogP contribution < -0.4 is 5.46 Å². The topological polar surface area (TPSA) is 34.1 Å². The van der Waals surface area contributed by atoms with E-state index in [1.807, 2.05) is 78.9 Å². The second-order valence-electron chi connectivity index (χ2n) is 7.79. The van der Waals surface area contributed by atoms with Gasteiger partial charge in [0.15, 0.2) is 42.9 Å². The van der Waals surface area contributed by atoms with Gasteiger partial charge in [-0.2, -0.15) is 0 Å². The molecule has 198 valence electrons. The van der Waals surface area contributed by atoms with Crippen molar-refractivity contribution in [3.63, 3.8) is 0 Å². The zero-order chi connectivity index (χ0) is 28.1. The Morgan fingerprint density at radius 2 is 0.921 bits per heavy atom. The van der Waals surface area contributed by atoms with Gasteiger partial charge in [0.1, 0.15) is 11.6 Å². The zero-order valence-corrected chi connectivity index (χ0v) is 20.0. The molecule has 0 unspecified atom stereocenters. The molecule has 0 radical (unpaired) electrons. The van der Waals surface area contributed by atoms with Gasteiger partial charge in [-0.05, 0) is 29.7 Å². The van der Waals surface area contributed by atoms with Crippen molar-refractivity contribution in [2.45, 2.75) is 9.79 Å². The van der Waals surface area contributed by atoms with Gasteiger partial charge in [0.05, 0.1) is 0 Å². The van der Waals surface area contributed by atoms with Gasteiger partial charge in [0.2, 0.25) is 5.78 Å². The zero-order valence-electron chi connectivity index (χ0n) is 19.2. The highest BCUT2D eigenvalue weighted by Gasteiger charge is 2.38. The molecule has 0 N–H and O–H groups in total. The molecule has 4 aromatic carbocycles. The molecule has 0 amide bonds. The standard InChI is InChI=1S/C20H17O2S.C6BF8/c21-20(17-10-4-1-5-11-17)16-23(22,18-12-6-2-7-13-18)19-14-8-3-9-15-19;8-2-1(7(13,14)15)3(9)5(11)6(12)4(2)10/h1-15H,16H2;/q+1;-1. The first-order chi connectivity index (χ1) is 17.9. The average Bonchev–Trinajstić information content (AvgIpc) is 2.92. The highest BCUT2D eigenvalue weighted by atomic mass is 32.2. The predicted molar refractivity (Wildman–Crippen MR) is 128 cm³/mol. The van der Waals surface area contributed by atoms with Crippen LogP contribution in [0.15, 0.2) is 101 Å². The molecule has 0 spiro atoms. The molecule has 0 aliphatic rings. The van der Waals surface area contributed by atoms with Gasteiger partial charge < -0.3 is 12.9 Å². The number of rotatable bonds is 6. The molecule has 0 fully saturated rings. The summed E-state index contributed by atoms with van der Waals surface area (Å²) in [5, 5.41) is 0. The lowest BCUT2D eigenvalue weighted by Crippen LogP contribution is -2.41. The SMILES string of the molecule is Fc1c(F)c(F)c([B-](F)(F)F)c(F)c1F.O=C(C[S+](=O)(c1ccccc1)c1ccccc1)c1ccccc1. The quantitative estimate of drug-likeness (QED) is 0.0646. The summed E-state index contributed by atoms with van der Waals surface area (Å²) in [6.07, 6.45) is 0. The molecule has 4 rings (SSSR count). The molecule has 0 aromatic heterocycles. The Labute approximate surface area is 213 Å². The summed E-state index contributed by atoms with van der Waals surface area (Å²) in [4.78, 5) is 14.0. The highest BCUT2D eigenvalue weighted by molar-refractivity contribution is 8.03. The van der Waals surface area contributed by atoms with Crippen LogP contribution in [0.5, 0.6) is 0 Å². The number of carbonyl (C=O) groups excluding carboxylic acids is 1. The molecule has 0 atom stereocenters. The maximum atomic E-state index is 13.8. The number of carbonyl (C=O) groups is 1. The van der Waals surface area contributed by atoms with Crippen molar-refractivity contribution < 1.29 is 43.9 Å². The van der Waals surface area contributed by atoms with Crippen molar-refractivity contribution in [2.24, 2.45) is 0 Å². The largest absolute Gasteiger partial charge is 0.515 e. The molecular formula is C26H17BF8O2S. The Morgan fingerprint density at radius 1 is 0.579 bits per heavy atom. The Kier molecular flexibility index (Phi) is 8.87. The number of benzene rings is 4. The van der Waals surface area contributed by atoms with Gasteiger partial charge in [-0.3, -0.25) is 4.79 Å². The first-order valence-electron chi connectivity index (χ1n) is 10.8. The lowest BCUT2D eigenvalue weighted by molar-refractivity contribution is 0.102. The third-order valence-electron chi connectivity index (χ3n) is 5.25. The summed E-state index contributed by atoms with van der Waals surface area (Å²) in [6, 6.07) is 27.5. The van der Waals surface area contributed by atoms with Crippen LogP contribution in [0, 0.1) is 29.1 Å². The maximum Gasteiger partial charge on any atom is 0.515 e. The minimum Gasteiger partial charge on any atom is -0.445 e. The fourth-order valence-corrected chi connectivity index (χ4v) is 5.72. The summed E-state index contributed by atoms with van der Waals surface area (Å²) in [6.45, 7) is -6.30. The molecule has 4 aromatic rings. The van der Waals surface area contributed by atoms with Crippen LogP contribution in [0.4, 0.5) is 34.9 Å². The Balaban J connectivity index is 0.000000232. The number of hydrogen-bond donors (Lipinski definition) is 0. The van der Waals surface area contributed by atoms with E-state index in [1.54, 1.807) is 12.1 Å². The smallest absolute Gasteiger partial charge is 0.445 e. The van der Waals surface area contributed by atoms with Crippen molar-refractivity contribution >= 4 is 28.2 Å². The van der Waals surface area contributed by atoms with E-state index in [-0.39, 0.29) is 11.5 Å². The lowest BCUT2D eigenvalue weighted by Gasteiger charge is -2.17. The van der Waals surface area contributed by atoms with E-state index in [1.165, 1.54) is 0 Å². The van der Waals surface area contributed by atoms with Crippen LogP contribution >= 0.6 is 0 Å². The van der Waals surface area contributed by atoms with Gasteiger partial charge in [-0.25, -0.2) is 22.0 Å². The second-order valence-corrected chi connectivity index (χ2v) is 10.4. The van der Waals surface area contributed by atoms with Crippen LogP contribution in [0.25, 0.3) is 0 Å². The van der Waals surface area contributed by atoms with Crippen molar-refractivity contribution in [1.29, 1.82) is 0 Å². The number of hydrogen-bond acceptors (Lipinski definition) is 2. The fourth-order valence-electron chi connectivity index (χ4n) is 3.38. The molecule has 0 bridgehead atoms. The Hall–Kier alpha value is -3.80.